The molecule has 0 unspecified atom stereocenters. The van der Waals surface area contributed by atoms with Gasteiger partial charge in [-0.1, -0.05) is 60.7 Å². The molecule has 0 spiro atoms. The smallest absolute Gasteiger partial charge is 0.269 e. The van der Waals surface area contributed by atoms with Gasteiger partial charge in [-0.05, 0) is 30.2 Å². The van der Waals surface area contributed by atoms with E-state index in [1.807, 2.05) is 30.3 Å². The lowest BCUT2D eigenvalue weighted by Crippen LogP contribution is -1.99. The molecular formula is C23H22ClN5O2. The minimum Gasteiger partial charge on any atom is -0.320 e. The fraction of sp³-hybridized carbons (Fsp3) is 0.130. The van der Waals surface area contributed by atoms with Crippen LogP contribution in [-0.2, 0) is 13.0 Å². The Kier molecular flexibility index (Phi) is 6.99. The molecule has 158 valence electrons. The van der Waals surface area contributed by atoms with Gasteiger partial charge in [0.25, 0.3) is 5.69 Å². The number of rotatable bonds is 7. The van der Waals surface area contributed by atoms with Crippen molar-refractivity contribution in [2.45, 2.75) is 19.9 Å². The number of aryl methyl sites for hydroxylation is 1. The Morgan fingerprint density at radius 3 is 2.32 bits per heavy atom. The number of para-hydroxylation sites is 1. The van der Waals surface area contributed by atoms with Crippen LogP contribution in [0.15, 0.2) is 89.2 Å². The molecule has 0 aliphatic carbocycles. The third kappa shape index (κ3) is 4.73. The van der Waals surface area contributed by atoms with Crippen molar-refractivity contribution in [3.63, 3.8) is 0 Å². The van der Waals surface area contributed by atoms with Gasteiger partial charge < -0.3 is 4.57 Å². The van der Waals surface area contributed by atoms with Gasteiger partial charge in [0.15, 0.2) is 5.82 Å². The maximum atomic E-state index is 10.8. The van der Waals surface area contributed by atoms with Gasteiger partial charge in [0, 0.05) is 29.6 Å². The van der Waals surface area contributed by atoms with Crippen LogP contribution in [0.3, 0.4) is 0 Å². The van der Waals surface area contributed by atoms with Crippen molar-refractivity contribution >= 4 is 40.5 Å². The maximum Gasteiger partial charge on any atom is 0.269 e. The van der Waals surface area contributed by atoms with E-state index in [1.54, 1.807) is 12.1 Å². The minimum absolute atomic E-state index is 0. The molecule has 0 atom stereocenters. The number of nitro benzene ring substituents is 1. The first kappa shape index (κ1) is 22.0. The van der Waals surface area contributed by atoms with E-state index in [4.69, 9.17) is 0 Å². The van der Waals surface area contributed by atoms with Crippen LogP contribution in [0.2, 0.25) is 0 Å². The first-order chi connectivity index (χ1) is 14.7. The summed E-state index contributed by atoms with van der Waals surface area (Å²) in [5.74, 6) is 0.803. The van der Waals surface area contributed by atoms with E-state index in [9.17, 15) is 10.1 Å². The molecular weight excluding hydrogens is 414 g/mol. The zero-order valence-corrected chi connectivity index (χ0v) is 17.7. The van der Waals surface area contributed by atoms with Crippen LogP contribution in [0.4, 0.5) is 17.2 Å². The van der Waals surface area contributed by atoms with Gasteiger partial charge in [-0.3, -0.25) is 15.5 Å². The summed E-state index contributed by atoms with van der Waals surface area (Å²) in [7, 11) is 0. The monoisotopic (exact) mass is 435 g/mol. The molecule has 4 aromatic rings. The summed E-state index contributed by atoms with van der Waals surface area (Å²) >= 11 is 0. The van der Waals surface area contributed by atoms with Gasteiger partial charge in [0.1, 0.15) is 0 Å². The number of anilines is 1. The Hall–Kier alpha value is -3.71. The largest absolute Gasteiger partial charge is 0.320 e. The van der Waals surface area contributed by atoms with Crippen molar-refractivity contribution in [2.75, 3.05) is 5.43 Å². The molecule has 0 aliphatic rings. The molecule has 8 heteroatoms. The first-order valence-corrected chi connectivity index (χ1v) is 9.72. The molecule has 0 saturated heterocycles. The highest BCUT2D eigenvalue weighted by atomic mass is 35.5. The van der Waals surface area contributed by atoms with Crippen molar-refractivity contribution in [1.29, 1.82) is 0 Å². The van der Waals surface area contributed by atoms with E-state index in [0.717, 1.165) is 23.3 Å². The summed E-state index contributed by atoms with van der Waals surface area (Å²) in [5.41, 5.74) is 6.97. The molecule has 0 amide bonds. The zero-order chi connectivity index (χ0) is 20.9. The van der Waals surface area contributed by atoms with Gasteiger partial charge in [-0.25, -0.2) is 0 Å². The van der Waals surface area contributed by atoms with Crippen LogP contribution in [0.5, 0.6) is 0 Å². The van der Waals surface area contributed by atoms with E-state index in [1.165, 1.54) is 23.1 Å². The van der Waals surface area contributed by atoms with Crippen molar-refractivity contribution in [3.05, 3.63) is 100 Å². The summed E-state index contributed by atoms with van der Waals surface area (Å²) in [5, 5.41) is 20.6. The number of non-ortho nitro benzene ring substituents is 1. The van der Waals surface area contributed by atoms with Crippen LogP contribution in [-0.4, -0.2) is 9.49 Å². The van der Waals surface area contributed by atoms with Gasteiger partial charge in [-0.2, -0.15) is 0 Å². The highest BCUT2D eigenvalue weighted by Crippen LogP contribution is 2.34. The van der Waals surface area contributed by atoms with E-state index in [0.29, 0.717) is 12.2 Å². The minimum atomic E-state index is -0.430. The van der Waals surface area contributed by atoms with Crippen molar-refractivity contribution in [3.8, 4) is 0 Å². The molecule has 0 aliphatic heterocycles. The molecule has 31 heavy (non-hydrogen) atoms. The standard InChI is InChI=1S/C23H21N5O2.ClH/c1-2-20-21-10-6-7-11-22(21)27(16-17-8-4-3-5-9-17)23(20)25-26-24-18-12-14-19(15-13-18)28(29)30;/h3-15H,2,16H2,1H3,(H,24,25);1H. The van der Waals surface area contributed by atoms with Crippen LogP contribution >= 0.6 is 12.4 Å². The Morgan fingerprint density at radius 1 is 0.968 bits per heavy atom. The molecule has 1 aromatic heterocycles. The number of benzene rings is 3. The highest BCUT2D eigenvalue weighted by Gasteiger charge is 2.16. The summed E-state index contributed by atoms with van der Waals surface area (Å²) in [6.07, 6.45) is 0.828. The lowest BCUT2D eigenvalue weighted by molar-refractivity contribution is -0.384. The second-order valence-electron chi connectivity index (χ2n) is 6.86. The maximum absolute atomic E-state index is 10.8. The number of hydrogen-bond acceptors (Lipinski definition) is 4. The molecule has 1 N–H and O–H groups in total. The normalized spacial score (nSPS) is 10.9. The fourth-order valence-electron chi connectivity index (χ4n) is 3.54. The number of nitrogens with zero attached hydrogens (tertiary/aromatic N) is 4. The number of halogens is 1. The Labute approximate surface area is 186 Å². The summed E-state index contributed by atoms with van der Waals surface area (Å²) in [6, 6.07) is 24.6. The summed E-state index contributed by atoms with van der Waals surface area (Å²) in [4.78, 5) is 10.4. The summed E-state index contributed by atoms with van der Waals surface area (Å²) < 4.78 is 2.17. The number of nitro groups is 1. The quantitative estimate of drug-likeness (QED) is 0.199. The Bertz CT molecular complexity index is 1200. The lowest BCUT2D eigenvalue weighted by atomic mass is 10.1. The molecule has 3 aromatic carbocycles. The first-order valence-electron chi connectivity index (χ1n) is 9.72. The van der Waals surface area contributed by atoms with Gasteiger partial charge in [0.05, 0.1) is 16.1 Å². The molecule has 0 saturated carbocycles. The molecule has 0 radical (unpaired) electrons. The van der Waals surface area contributed by atoms with Crippen LogP contribution in [0.1, 0.15) is 18.1 Å². The van der Waals surface area contributed by atoms with E-state index >= 15 is 0 Å². The third-order valence-electron chi connectivity index (χ3n) is 4.98. The van der Waals surface area contributed by atoms with Crippen LogP contribution in [0, 0.1) is 10.1 Å². The predicted molar refractivity (Wildman–Crippen MR) is 125 cm³/mol. The second-order valence-corrected chi connectivity index (χ2v) is 6.86. The Morgan fingerprint density at radius 2 is 1.65 bits per heavy atom. The average molecular weight is 436 g/mol. The van der Waals surface area contributed by atoms with Gasteiger partial charge in [0.2, 0.25) is 0 Å². The van der Waals surface area contributed by atoms with E-state index in [2.05, 4.69) is 51.5 Å². The zero-order valence-electron chi connectivity index (χ0n) is 16.9. The Balaban J connectivity index is 0.00000272. The molecule has 1 heterocycles. The third-order valence-corrected chi connectivity index (χ3v) is 4.98. The van der Waals surface area contributed by atoms with Gasteiger partial charge >= 0.3 is 0 Å². The summed E-state index contributed by atoms with van der Waals surface area (Å²) in [6.45, 7) is 2.80. The molecule has 0 bridgehead atoms. The molecule has 7 nitrogen and oxygen atoms in total. The van der Waals surface area contributed by atoms with Crippen LogP contribution < -0.4 is 5.43 Å². The van der Waals surface area contributed by atoms with E-state index < -0.39 is 4.92 Å². The predicted octanol–water partition coefficient (Wildman–Crippen LogP) is 6.69. The topological polar surface area (TPSA) is 84.8 Å². The number of hydrogen-bond donors (Lipinski definition) is 1. The fourth-order valence-corrected chi connectivity index (χ4v) is 3.54. The molecule has 0 fully saturated rings. The second kappa shape index (κ2) is 9.86. The number of nitrogens with one attached hydrogen (secondary N) is 1. The van der Waals surface area contributed by atoms with Crippen molar-refractivity contribution < 1.29 is 4.92 Å². The van der Waals surface area contributed by atoms with Crippen molar-refractivity contribution in [2.24, 2.45) is 10.3 Å². The molecule has 4 rings (SSSR count). The number of fused-ring (bicyclic) bond motifs is 1. The SMILES string of the molecule is CCc1c(/N=N/Nc2ccc([N+](=O)[O-])cc2)n(Cc2ccccc2)c2ccccc12.Cl. The number of aromatic nitrogens is 1. The average Bonchev–Trinajstić information content (AvgIpc) is 3.07. The highest BCUT2D eigenvalue weighted by molar-refractivity contribution is 5.89. The van der Waals surface area contributed by atoms with Crippen molar-refractivity contribution in [1.82, 2.24) is 4.57 Å². The lowest BCUT2D eigenvalue weighted by Gasteiger charge is -2.08. The van der Waals surface area contributed by atoms with Crippen LogP contribution in [0.25, 0.3) is 10.9 Å². The van der Waals surface area contributed by atoms with E-state index in [-0.39, 0.29) is 18.1 Å². The van der Waals surface area contributed by atoms with Gasteiger partial charge in [-0.15, -0.1) is 17.5 Å².